The predicted molar refractivity (Wildman–Crippen MR) is 61.6 cm³/mol. The van der Waals surface area contributed by atoms with Crippen molar-refractivity contribution in [1.82, 2.24) is 0 Å². The summed E-state index contributed by atoms with van der Waals surface area (Å²) < 4.78 is 75.7. The van der Waals surface area contributed by atoms with E-state index in [0.717, 1.165) is 12.1 Å². The summed E-state index contributed by atoms with van der Waals surface area (Å²) in [5.41, 5.74) is 3.60. The zero-order valence-corrected chi connectivity index (χ0v) is 11.1. The number of nitrogens with two attached hydrogens (primary N) is 1. The molecule has 0 amide bonds. The number of hydrogen-bond donors (Lipinski definition) is 1. The van der Waals surface area contributed by atoms with E-state index >= 15 is 0 Å². The Kier molecular flexibility index (Phi) is 5.83. The van der Waals surface area contributed by atoms with Gasteiger partial charge < -0.3 is 5.73 Å². The largest absolute Gasteiger partial charge is 0.455 e. The maximum atomic E-state index is 13.4. The lowest BCUT2D eigenvalue weighted by Gasteiger charge is -2.26. The molecule has 0 aliphatic rings. The minimum absolute atomic E-state index is 0. The maximum Gasteiger partial charge on any atom is 0.455 e. The van der Waals surface area contributed by atoms with Gasteiger partial charge in [-0.15, -0.1) is 12.4 Å². The molecule has 10 heteroatoms. The van der Waals surface area contributed by atoms with Crippen LogP contribution in [0.2, 0.25) is 10.0 Å². The highest BCUT2D eigenvalue weighted by Gasteiger charge is 2.62. The zero-order valence-electron chi connectivity index (χ0n) is 8.74. The van der Waals surface area contributed by atoms with Crippen LogP contribution in [-0.2, 0) is 0 Å². The van der Waals surface area contributed by atoms with E-state index in [0.29, 0.717) is 0 Å². The van der Waals surface area contributed by atoms with Crippen LogP contribution in [0, 0.1) is 5.82 Å². The summed E-state index contributed by atoms with van der Waals surface area (Å²) in [7, 11) is 0. The Balaban J connectivity index is 0.00000324. The quantitative estimate of drug-likeness (QED) is 0.606. The number of rotatable bonds is 2. The smallest absolute Gasteiger partial charge is 0.319 e. The summed E-state index contributed by atoms with van der Waals surface area (Å²) >= 11 is 10.7. The Labute approximate surface area is 120 Å². The maximum absolute atomic E-state index is 13.4. The van der Waals surface area contributed by atoms with E-state index in [1.54, 1.807) is 0 Å². The van der Waals surface area contributed by atoms with Gasteiger partial charge in [-0.25, -0.2) is 4.39 Å². The third-order valence-electron chi connectivity index (χ3n) is 2.16. The van der Waals surface area contributed by atoms with Crippen LogP contribution < -0.4 is 5.73 Å². The summed E-state index contributed by atoms with van der Waals surface area (Å²) in [6.07, 6.45) is -5.93. The first-order chi connectivity index (χ1) is 8.00. The molecule has 0 spiro atoms. The first-order valence-electron chi connectivity index (χ1n) is 4.33. The van der Waals surface area contributed by atoms with E-state index < -0.39 is 39.6 Å². The van der Waals surface area contributed by atoms with Crippen molar-refractivity contribution in [2.24, 2.45) is 5.73 Å². The molecule has 1 atom stereocenters. The molecule has 110 valence electrons. The fourth-order valence-electron chi connectivity index (χ4n) is 1.19. The van der Waals surface area contributed by atoms with Crippen molar-refractivity contribution in [3.63, 3.8) is 0 Å². The lowest BCUT2D eigenvalue weighted by molar-refractivity contribution is -0.291. The molecule has 2 N–H and O–H groups in total. The molecule has 0 radical (unpaired) electrons. The topological polar surface area (TPSA) is 26.0 Å². The van der Waals surface area contributed by atoms with Gasteiger partial charge in [-0.2, -0.15) is 22.0 Å². The first kappa shape index (κ1) is 18.6. The van der Waals surface area contributed by atoms with Gasteiger partial charge in [0.2, 0.25) is 0 Å². The Morgan fingerprint density at radius 1 is 1.00 bits per heavy atom. The third kappa shape index (κ3) is 3.39. The summed E-state index contributed by atoms with van der Waals surface area (Å²) in [6.45, 7) is 0. The molecule has 0 fully saturated rings. The van der Waals surface area contributed by atoms with E-state index in [2.05, 4.69) is 0 Å². The molecule has 0 heterocycles. The van der Waals surface area contributed by atoms with Crippen molar-refractivity contribution in [2.75, 3.05) is 0 Å². The van der Waals surface area contributed by atoms with Crippen molar-refractivity contribution in [1.29, 1.82) is 0 Å². The summed E-state index contributed by atoms with van der Waals surface area (Å²) in [6, 6.07) is -1.18. The van der Waals surface area contributed by atoms with Crippen LogP contribution >= 0.6 is 35.6 Å². The van der Waals surface area contributed by atoms with E-state index in [1.165, 1.54) is 0 Å². The molecule has 0 aliphatic heterocycles. The van der Waals surface area contributed by atoms with E-state index in [1.807, 2.05) is 0 Å². The minimum atomic E-state index is -5.93. The van der Waals surface area contributed by atoms with Crippen LogP contribution in [0.15, 0.2) is 12.1 Å². The fourth-order valence-corrected chi connectivity index (χ4v) is 1.61. The van der Waals surface area contributed by atoms with Gasteiger partial charge in [-0.05, 0) is 12.1 Å². The van der Waals surface area contributed by atoms with Crippen molar-refractivity contribution in [3.05, 3.63) is 33.6 Å². The van der Waals surface area contributed by atoms with Crippen LogP contribution in [-0.4, -0.2) is 12.1 Å². The van der Waals surface area contributed by atoms with Gasteiger partial charge in [-0.1, -0.05) is 23.2 Å². The molecule has 1 rings (SSSR count). The molecule has 1 aromatic carbocycles. The van der Waals surface area contributed by atoms with Crippen LogP contribution in [0.4, 0.5) is 26.3 Å². The Morgan fingerprint density at radius 2 is 1.42 bits per heavy atom. The SMILES string of the molecule is Cl.N[C@@H](c1c(Cl)ccc(Cl)c1F)C(F)(F)C(F)(F)F. The fraction of sp³-hybridized carbons (Fsp3) is 0.333. The summed E-state index contributed by atoms with van der Waals surface area (Å²) in [5.74, 6) is -6.83. The molecule has 0 bridgehead atoms. The average molecular weight is 349 g/mol. The molecule has 1 aromatic rings. The molecular weight excluding hydrogens is 342 g/mol. The number of alkyl halides is 5. The van der Waals surface area contributed by atoms with Gasteiger partial charge >= 0.3 is 12.1 Å². The normalized spacial score (nSPS) is 13.9. The Hall–Kier alpha value is -0.370. The molecule has 1 nitrogen and oxygen atoms in total. The highest BCUT2D eigenvalue weighted by Crippen LogP contribution is 2.45. The summed E-state index contributed by atoms with van der Waals surface area (Å²) in [5, 5.41) is -1.31. The molecule has 0 unspecified atom stereocenters. The lowest BCUT2D eigenvalue weighted by Crippen LogP contribution is -2.46. The molecule has 19 heavy (non-hydrogen) atoms. The van der Waals surface area contributed by atoms with E-state index in [-0.39, 0.29) is 12.4 Å². The number of hydrogen-bond acceptors (Lipinski definition) is 1. The van der Waals surface area contributed by atoms with Gasteiger partial charge in [-0.3, -0.25) is 0 Å². The highest BCUT2D eigenvalue weighted by atomic mass is 35.5. The minimum Gasteiger partial charge on any atom is -0.319 e. The standard InChI is InChI=1S/C9H5Cl2F6N.ClH/c10-3-1-2-4(11)6(12)5(3)7(18)8(13,14)9(15,16)17;/h1-2,7H,18H2;1H/t7-;/m0./s1. The van der Waals surface area contributed by atoms with Crippen LogP contribution in [0.3, 0.4) is 0 Å². The second kappa shape index (κ2) is 5.95. The molecule has 0 aromatic heterocycles. The van der Waals surface area contributed by atoms with Crippen molar-refractivity contribution >= 4 is 35.6 Å². The summed E-state index contributed by atoms with van der Waals surface area (Å²) in [4.78, 5) is 0. The highest BCUT2D eigenvalue weighted by molar-refractivity contribution is 6.33. The third-order valence-corrected chi connectivity index (χ3v) is 2.78. The van der Waals surface area contributed by atoms with Gasteiger partial charge in [0.15, 0.2) is 0 Å². The van der Waals surface area contributed by atoms with E-state index in [9.17, 15) is 26.3 Å². The van der Waals surface area contributed by atoms with Crippen LogP contribution in [0.25, 0.3) is 0 Å². The van der Waals surface area contributed by atoms with Gasteiger partial charge in [0.1, 0.15) is 11.9 Å². The van der Waals surface area contributed by atoms with Crippen LogP contribution in [0.5, 0.6) is 0 Å². The monoisotopic (exact) mass is 347 g/mol. The Bertz CT molecular complexity index is 462. The van der Waals surface area contributed by atoms with Gasteiger partial charge in [0.25, 0.3) is 0 Å². The Morgan fingerprint density at radius 3 is 1.84 bits per heavy atom. The second-order valence-electron chi connectivity index (χ2n) is 3.36. The van der Waals surface area contributed by atoms with Crippen LogP contribution in [0.1, 0.15) is 11.6 Å². The molecule has 0 aliphatic carbocycles. The predicted octanol–water partition coefficient (Wildman–Crippen LogP) is 4.75. The zero-order chi connectivity index (χ0) is 14.3. The second-order valence-corrected chi connectivity index (χ2v) is 4.17. The molecule has 0 saturated heterocycles. The lowest BCUT2D eigenvalue weighted by atomic mass is 10.0. The first-order valence-corrected chi connectivity index (χ1v) is 5.09. The molecular formula is C9H6Cl3F6N. The number of halogens is 9. The van der Waals surface area contributed by atoms with Gasteiger partial charge in [0, 0.05) is 10.6 Å². The molecule has 0 saturated carbocycles. The van der Waals surface area contributed by atoms with Crippen molar-refractivity contribution < 1.29 is 26.3 Å². The number of benzene rings is 1. The van der Waals surface area contributed by atoms with Crippen molar-refractivity contribution in [3.8, 4) is 0 Å². The average Bonchev–Trinajstić information content (AvgIpc) is 2.22. The van der Waals surface area contributed by atoms with Gasteiger partial charge in [0.05, 0.1) is 5.02 Å². The van der Waals surface area contributed by atoms with E-state index in [4.69, 9.17) is 28.9 Å². The van der Waals surface area contributed by atoms with Crippen molar-refractivity contribution in [2.45, 2.75) is 18.1 Å².